The Balaban J connectivity index is 2.60. The molecule has 0 aliphatic carbocycles. The van der Waals surface area contributed by atoms with Crippen molar-refractivity contribution in [1.29, 1.82) is 0 Å². The van der Waals surface area contributed by atoms with E-state index in [0.29, 0.717) is 11.5 Å². The summed E-state index contributed by atoms with van der Waals surface area (Å²) >= 11 is 5.68. The smallest absolute Gasteiger partial charge is 0.337 e. The Hall–Kier alpha value is -1.88. The Kier molecular flexibility index (Phi) is 2.87. The number of rotatable bonds is 3. The van der Waals surface area contributed by atoms with Crippen LogP contribution in [-0.2, 0) is 5.88 Å². The van der Waals surface area contributed by atoms with Crippen LogP contribution in [0.3, 0.4) is 0 Å². The molecule has 0 aliphatic heterocycles. The van der Waals surface area contributed by atoms with Crippen molar-refractivity contribution in [3.05, 3.63) is 42.0 Å². The quantitative estimate of drug-likeness (QED) is 0.825. The third-order valence-corrected chi connectivity index (χ3v) is 2.37. The van der Waals surface area contributed by atoms with E-state index < -0.39 is 5.97 Å². The fourth-order valence-corrected chi connectivity index (χ4v) is 1.60. The average molecular weight is 238 g/mol. The number of hydrogen-bond donors (Lipinski definition) is 1. The summed E-state index contributed by atoms with van der Waals surface area (Å²) in [4.78, 5) is 11.0. The van der Waals surface area contributed by atoms with Gasteiger partial charge in [-0.2, -0.15) is 0 Å². The van der Waals surface area contributed by atoms with Crippen molar-refractivity contribution in [2.75, 3.05) is 0 Å². The first-order chi connectivity index (χ1) is 7.74. The highest BCUT2D eigenvalue weighted by Gasteiger charge is 2.13. The summed E-state index contributed by atoms with van der Waals surface area (Å²) in [6, 6.07) is 6.62. The summed E-state index contributed by atoms with van der Waals surface area (Å²) < 4.78 is 1.57. The molecule has 2 aromatic rings. The van der Waals surface area contributed by atoms with Crippen LogP contribution in [0.5, 0.6) is 0 Å². The van der Waals surface area contributed by atoms with Crippen LogP contribution in [0.1, 0.15) is 16.2 Å². The van der Waals surface area contributed by atoms with E-state index in [9.17, 15) is 4.79 Å². The number of halogens is 1. The number of carbonyl (C=O) groups is 1. The standard InChI is InChI=1S/C10H8ClN3O2/c11-5-9-13-12-6-14(9)8-4-2-1-3-7(8)10(15)16/h1-4,6H,5H2,(H,15,16). The van der Waals surface area contributed by atoms with Gasteiger partial charge in [-0.1, -0.05) is 12.1 Å². The van der Waals surface area contributed by atoms with Crippen molar-refractivity contribution in [2.45, 2.75) is 5.88 Å². The van der Waals surface area contributed by atoms with Gasteiger partial charge < -0.3 is 5.11 Å². The lowest BCUT2D eigenvalue weighted by Crippen LogP contribution is -2.06. The number of aromatic carboxylic acids is 1. The van der Waals surface area contributed by atoms with Gasteiger partial charge in [0.15, 0.2) is 5.82 Å². The van der Waals surface area contributed by atoms with Gasteiger partial charge in [-0.15, -0.1) is 21.8 Å². The highest BCUT2D eigenvalue weighted by molar-refractivity contribution is 6.16. The van der Waals surface area contributed by atoms with Crippen LogP contribution in [-0.4, -0.2) is 25.8 Å². The van der Waals surface area contributed by atoms with Crippen molar-refractivity contribution in [2.24, 2.45) is 0 Å². The average Bonchev–Trinajstić information content (AvgIpc) is 2.76. The number of nitrogens with zero attached hydrogens (tertiary/aromatic N) is 3. The van der Waals surface area contributed by atoms with Gasteiger partial charge in [0.2, 0.25) is 0 Å². The lowest BCUT2D eigenvalue weighted by Gasteiger charge is -2.07. The summed E-state index contributed by atoms with van der Waals surface area (Å²) in [6.45, 7) is 0. The zero-order valence-corrected chi connectivity index (χ0v) is 8.92. The van der Waals surface area contributed by atoms with Crippen molar-refractivity contribution >= 4 is 17.6 Å². The molecule has 0 spiro atoms. The Labute approximate surface area is 96.3 Å². The Morgan fingerprint density at radius 1 is 1.44 bits per heavy atom. The Morgan fingerprint density at radius 3 is 2.88 bits per heavy atom. The summed E-state index contributed by atoms with van der Waals surface area (Å²) in [6.07, 6.45) is 1.44. The molecule has 0 amide bonds. The van der Waals surface area contributed by atoms with Crippen LogP contribution in [0, 0.1) is 0 Å². The van der Waals surface area contributed by atoms with Crippen molar-refractivity contribution in [3.8, 4) is 5.69 Å². The summed E-state index contributed by atoms with van der Waals surface area (Å²) in [5, 5.41) is 16.5. The molecule has 1 aromatic carbocycles. The number of para-hydroxylation sites is 1. The molecule has 5 nitrogen and oxygen atoms in total. The Bertz CT molecular complexity index is 524. The first kappa shape index (κ1) is 10.6. The molecule has 0 aliphatic rings. The molecule has 0 atom stereocenters. The van der Waals surface area contributed by atoms with E-state index in [2.05, 4.69) is 10.2 Å². The molecule has 1 heterocycles. The number of carboxylic acids is 1. The van der Waals surface area contributed by atoms with E-state index in [0.717, 1.165) is 0 Å². The van der Waals surface area contributed by atoms with Gasteiger partial charge in [0, 0.05) is 0 Å². The summed E-state index contributed by atoms with van der Waals surface area (Å²) in [5.41, 5.74) is 0.698. The van der Waals surface area contributed by atoms with E-state index in [1.54, 1.807) is 22.8 Å². The van der Waals surface area contributed by atoms with Crippen LogP contribution < -0.4 is 0 Å². The molecule has 0 unspecified atom stereocenters. The molecule has 1 N–H and O–H groups in total. The van der Waals surface area contributed by atoms with Gasteiger partial charge in [-0.05, 0) is 12.1 Å². The van der Waals surface area contributed by atoms with Crippen LogP contribution in [0.25, 0.3) is 5.69 Å². The predicted octanol–water partition coefficient (Wildman–Crippen LogP) is 1.70. The maximum Gasteiger partial charge on any atom is 0.337 e. The van der Waals surface area contributed by atoms with Gasteiger partial charge in [0.1, 0.15) is 6.33 Å². The van der Waals surface area contributed by atoms with E-state index in [4.69, 9.17) is 16.7 Å². The van der Waals surface area contributed by atoms with Crippen molar-refractivity contribution in [1.82, 2.24) is 14.8 Å². The zero-order chi connectivity index (χ0) is 11.5. The first-order valence-corrected chi connectivity index (χ1v) is 5.05. The minimum Gasteiger partial charge on any atom is -0.478 e. The SMILES string of the molecule is O=C(O)c1ccccc1-n1cnnc1CCl. The largest absolute Gasteiger partial charge is 0.478 e. The Morgan fingerprint density at radius 2 is 2.19 bits per heavy atom. The monoisotopic (exact) mass is 237 g/mol. The normalized spacial score (nSPS) is 10.3. The molecule has 6 heteroatoms. The fourth-order valence-electron chi connectivity index (χ4n) is 1.42. The second-order valence-corrected chi connectivity index (χ2v) is 3.34. The van der Waals surface area contributed by atoms with E-state index in [1.807, 2.05) is 0 Å². The van der Waals surface area contributed by atoms with Crippen LogP contribution >= 0.6 is 11.6 Å². The van der Waals surface area contributed by atoms with Gasteiger partial charge in [-0.3, -0.25) is 4.57 Å². The predicted molar refractivity (Wildman–Crippen MR) is 57.9 cm³/mol. The first-order valence-electron chi connectivity index (χ1n) is 4.51. The second kappa shape index (κ2) is 4.32. The van der Waals surface area contributed by atoms with Gasteiger partial charge in [-0.25, -0.2) is 4.79 Å². The molecule has 0 radical (unpaired) electrons. The minimum absolute atomic E-state index is 0.175. The number of alkyl halides is 1. The van der Waals surface area contributed by atoms with E-state index in [1.165, 1.54) is 12.4 Å². The number of carboxylic acid groups (broad SMARTS) is 1. The van der Waals surface area contributed by atoms with E-state index in [-0.39, 0.29) is 11.4 Å². The molecule has 0 saturated carbocycles. The molecule has 0 saturated heterocycles. The topological polar surface area (TPSA) is 68.0 Å². The van der Waals surface area contributed by atoms with Crippen LogP contribution in [0.4, 0.5) is 0 Å². The maximum atomic E-state index is 11.0. The van der Waals surface area contributed by atoms with E-state index >= 15 is 0 Å². The fraction of sp³-hybridized carbons (Fsp3) is 0.100. The van der Waals surface area contributed by atoms with Crippen LogP contribution in [0.15, 0.2) is 30.6 Å². The maximum absolute atomic E-state index is 11.0. The molecule has 2 rings (SSSR count). The highest BCUT2D eigenvalue weighted by atomic mass is 35.5. The van der Waals surface area contributed by atoms with Gasteiger partial charge >= 0.3 is 5.97 Å². The van der Waals surface area contributed by atoms with Crippen molar-refractivity contribution < 1.29 is 9.90 Å². The third kappa shape index (κ3) is 1.77. The number of hydrogen-bond acceptors (Lipinski definition) is 3. The lowest BCUT2D eigenvalue weighted by atomic mass is 10.2. The molecular weight excluding hydrogens is 230 g/mol. The summed E-state index contributed by atoms with van der Waals surface area (Å²) in [5.74, 6) is -0.311. The third-order valence-electron chi connectivity index (χ3n) is 2.13. The van der Waals surface area contributed by atoms with Gasteiger partial charge in [0.25, 0.3) is 0 Å². The molecular formula is C10H8ClN3O2. The molecule has 16 heavy (non-hydrogen) atoms. The van der Waals surface area contributed by atoms with Gasteiger partial charge in [0.05, 0.1) is 17.1 Å². The van der Waals surface area contributed by atoms with Crippen LogP contribution in [0.2, 0.25) is 0 Å². The highest BCUT2D eigenvalue weighted by Crippen LogP contribution is 2.16. The second-order valence-electron chi connectivity index (χ2n) is 3.07. The minimum atomic E-state index is -0.996. The zero-order valence-electron chi connectivity index (χ0n) is 8.17. The molecule has 1 aromatic heterocycles. The lowest BCUT2D eigenvalue weighted by molar-refractivity contribution is 0.0697. The molecule has 0 fully saturated rings. The summed E-state index contributed by atoms with van der Waals surface area (Å²) in [7, 11) is 0. The molecule has 82 valence electrons. The molecule has 0 bridgehead atoms. The number of aromatic nitrogens is 3. The number of benzene rings is 1. The van der Waals surface area contributed by atoms with Crippen molar-refractivity contribution in [3.63, 3.8) is 0 Å².